The van der Waals surface area contributed by atoms with E-state index in [2.05, 4.69) is 0 Å². The average molecular weight is 546 g/mol. The summed E-state index contributed by atoms with van der Waals surface area (Å²) in [5, 5.41) is 13.6. The highest BCUT2D eigenvalue weighted by atomic mass is 35.5. The van der Waals surface area contributed by atoms with E-state index in [4.69, 9.17) is 21.1 Å². The Balaban J connectivity index is 1.63. The van der Waals surface area contributed by atoms with Gasteiger partial charge in [0.1, 0.15) is 23.0 Å². The predicted octanol–water partition coefficient (Wildman–Crippen LogP) is 7.21. The van der Waals surface area contributed by atoms with Crippen LogP contribution >= 0.6 is 22.9 Å². The molecule has 0 aliphatic carbocycles. The molecule has 1 aliphatic rings. The summed E-state index contributed by atoms with van der Waals surface area (Å²) in [6, 6.07) is 24.2. The van der Waals surface area contributed by atoms with Crippen molar-refractivity contribution in [2.75, 3.05) is 6.61 Å². The number of hydrogen-bond donors (Lipinski definition) is 1. The summed E-state index contributed by atoms with van der Waals surface area (Å²) in [5.74, 6) is -0.166. The standard InChI is InChI=1S/C30H24ClNO5S/c1-2-36-21-13-14-25(31)24(17-21)28(33)26-27(32(30(35)29(26)34)18-23-12-7-15-38-23)19-8-6-11-22(16-19)37-20-9-4-3-5-10-20/h3-17,27,33H,2,18H2,1H3/b28-26+. The maximum atomic E-state index is 13.4. The topological polar surface area (TPSA) is 76.1 Å². The van der Waals surface area contributed by atoms with Crippen LogP contribution in [-0.4, -0.2) is 28.3 Å². The number of ether oxygens (including phenoxy) is 2. The molecule has 0 spiro atoms. The van der Waals surface area contributed by atoms with Crippen molar-refractivity contribution in [1.29, 1.82) is 0 Å². The molecule has 5 rings (SSSR count). The molecule has 0 bridgehead atoms. The van der Waals surface area contributed by atoms with Crippen LogP contribution in [0.5, 0.6) is 17.2 Å². The number of hydrogen-bond acceptors (Lipinski definition) is 6. The molecule has 6 nitrogen and oxygen atoms in total. The molecule has 2 heterocycles. The fourth-order valence-electron chi connectivity index (χ4n) is 4.42. The number of amides is 1. The largest absolute Gasteiger partial charge is 0.507 e. The minimum absolute atomic E-state index is 0.0426. The fourth-order valence-corrected chi connectivity index (χ4v) is 5.33. The first-order valence-corrected chi connectivity index (χ1v) is 13.3. The van der Waals surface area contributed by atoms with Gasteiger partial charge in [0.05, 0.1) is 29.8 Å². The minimum Gasteiger partial charge on any atom is -0.507 e. The van der Waals surface area contributed by atoms with E-state index in [1.807, 2.05) is 54.8 Å². The number of para-hydroxylation sites is 1. The van der Waals surface area contributed by atoms with Gasteiger partial charge >= 0.3 is 0 Å². The first-order chi connectivity index (χ1) is 18.5. The summed E-state index contributed by atoms with van der Waals surface area (Å²) in [4.78, 5) is 29.1. The van der Waals surface area contributed by atoms with Crippen molar-refractivity contribution in [2.24, 2.45) is 0 Å². The number of aliphatic hydroxyl groups excluding tert-OH is 1. The molecule has 38 heavy (non-hydrogen) atoms. The third-order valence-corrected chi connectivity index (χ3v) is 7.29. The molecule has 1 unspecified atom stereocenters. The van der Waals surface area contributed by atoms with E-state index in [9.17, 15) is 14.7 Å². The van der Waals surface area contributed by atoms with Crippen molar-refractivity contribution in [3.8, 4) is 17.2 Å². The third-order valence-electron chi connectivity index (χ3n) is 6.10. The van der Waals surface area contributed by atoms with Gasteiger partial charge in [0.25, 0.3) is 11.7 Å². The van der Waals surface area contributed by atoms with Crippen molar-refractivity contribution < 1.29 is 24.2 Å². The lowest BCUT2D eigenvalue weighted by molar-refractivity contribution is -0.140. The first kappa shape index (κ1) is 25.6. The zero-order valence-electron chi connectivity index (χ0n) is 20.5. The van der Waals surface area contributed by atoms with Crippen molar-refractivity contribution in [2.45, 2.75) is 19.5 Å². The number of aliphatic hydroxyl groups is 1. The molecule has 1 aliphatic heterocycles. The zero-order valence-corrected chi connectivity index (χ0v) is 22.0. The van der Waals surface area contributed by atoms with Gasteiger partial charge in [0, 0.05) is 10.4 Å². The van der Waals surface area contributed by atoms with E-state index in [1.54, 1.807) is 42.5 Å². The maximum absolute atomic E-state index is 13.4. The lowest BCUT2D eigenvalue weighted by Crippen LogP contribution is -2.28. The zero-order chi connectivity index (χ0) is 26.6. The maximum Gasteiger partial charge on any atom is 0.295 e. The SMILES string of the molecule is CCOc1ccc(Cl)c(/C(O)=C2\C(=O)C(=O)N(Cc3cccs3)C2c2cccc(Oc3ccccc3)c2)c1. The highest BCUT2D eigenvalue weighted by Crippen LogP contribution is 2.43. The van der Waals surface area contributed by atoms with Crippen LogP contribution in [0.2, 0.25) is 5.02 Å². The van der Waals surface area contributed by atoms with Crippen LogP contribution < -0.4 is 9.47 Å². The monoisotopic (exact) mass is 545 g/mol. The van der Waals surface area contributed by atoms with Crippen molar-refractivity contribution in [3.63, 3.8) is 0 Å². The van der Waals surface area contributed by atoms with Crippen molar-refractivity contribution in [1.82, 2.24) is 4.90 Å². The summed E-state index contributed by atoms with van der Waals surface area (Å²) < 4.78 is 11.6. The molecular formula is C30H24ClNO5S. The number of likely N-dealkylation sites (tertiary alicyclic amines) is 1. The molecular weight excluding hydrogens is 522 g/mol. The van der Waals surface area contributed by atoms with Crippen LogP contribution in [0.4, 0.5) is 0 Å². The number of carbonyl (C=O) groups excluding carboxylic acids is 2. The van der Waals surface area contributed by atoms with Gasteiger partial charge in [-0.1, -0.05) is 48.0 Å². The minimum atomic E-state index is -0.858. The molecule has 1 saturated heterocycles. The molecule has 3 aromatic carbocycles. The van der Waals surface area contributed by atoms with Gasteiger partial charge in [-0.2, -0.15) is 0 Å². The fraction of sp³-hybridized carbons (Fsp3) is 0.133. The van der Waals surface area contributed by atoms with E-state index in [1.165, 1.54) is 16.2 Å². The molecule has 1 aromatic heterocycles. The Kier molecular flexibility index (Phi) is 7.49. The highest BCUT2D eigenvalue weighted by molar-refractivity contribution is 7.09. The number of thiophene rings is 1. The second-order valence-corrected chi connectivity index (χ2v) is 10.0. The van der Waals surface area contributed by atoms with E-state index in [0.717, 1.165) is 4.88 Å². The molecule has 0 radical (unpaired) electrons. The van der Waals surface area contributed by atoms with E-state index in [-0.39, 0.29) is 28.5 Å². The Labute approximate surface area is 229 Å². The van der Waals surface area contributed by atoms with Crippen LogP contribution in [0.15, 0.2) is 95.9 Å². The van der Waals surface area contributed by atoms with Gasteiger partial charge < -0.3 is 19.5 Å². The third kappa shape index (κ3) is 5.16. The number of carbonyl (C=O) groups is 2. The average Bonchev–Trinajstić information content (AvgIpc) is 3.53. The van der Waals surface area contributed by atoms with Crippen LogP contribution in [0, 0.1) is 0 Å². The molecule has 1 atom stereocenters. The molecule has 8 heteroatoms. The van der Waals surface area contributed by atoms with Gasteiger partial charge in [-0.25, -0.2) is 0 Å². The quantitative estimate of drug-likeness (QED) is 0.144. The predicted molar refractivity (Wildman–Crippen MR) is 148 cm³/mol. The van der Waals surface area contributed by atoms with E-state index in [0.29, 0.717) is 29.4 Å². The van der Waals surface area contributed by atoms with Crippen LogP contribution in [0.1, 0.15) is 29.0 Å². The van der Waals surface area contributed by atoms with Crippen LogP contribution in [0.3, 0.4) is 0 Å². The number of Topliss-reactive ketones (excluding diaryl/α,β-unsaturated/α-hetero) is 1. The van der Waals surface area contributed by atoms with Gasteiger partial charge in [-0.05, 0) is 66.4 Å². The highest BCUT2D eigenvalue weighted by Gasteiger charge is 2.46. The van der Waals surface area contributed by atoms with E-state index < -0.39 is 17.7 Å². The molecule has 1 amide bonds. The van der Waals surface area contributed by atoms with Crippen molar-refractivity contribution in [3.05, 3.63) is 117 Å². The Morgan fingerprint density at radius 1 is 0.947 bits per heavy atom. The lowest BCUT2D eigenvalue weighted by Gasteiger charge is -2.25. The molecule has 1 fully saturated rings. The van der Waals surface area contributed by atoms with Gasteiger partial charge in [-0.15, -0.1) is 11.3 Å². The summed E-state index contributed by atoms with van der Waals surface area (Å²) in [7, 11) is 0. The first-order valence-electron chi connectivity index (χ1n) is 12.0. The van der Waals surface area contributed by atoms with Crippen LogP contribution in [-0.2, 0) is 16.1 Å². The van der Waals surface area contributed by atoms with Crippen LogP contribution in [0.25, 0.3) is 5.76 Å². The van der Waals surface area contributed by atoms with Gasteiger partial charge in [-0.3, -0.25) is 9.59 Å². The lowest BCUT2D eigenvalue weighted by atomic mass is 9.95. The smallest absolute Gasteiger partial charge is 0.295 e. The Morgan fingerprint density at radius 3 is 2.47 bits per heavy atom. The van der Waals surface area contributed by atoms with Crippen molar-refractivity contribution >= 4 is 40.4 Å². The number of ketones is 1. The molecule has 192 valence electrons. The second-order valence-electron chi connectivity index (χ2n) is 8.57. The van der Waals surface area contributed by atoms with Gasteiger partial charge in [0.2, 0.25) is 0 Å². The van der Waals surface area contributed by atoms with E-state index >= 15 is 0 Å². The summed E-state index contributed by atoms with van der Waals surface area (Å²) in [5.41, 5.74) is 0.792. The number of benzene rings is 3. The molecule has 4 aromatic rings. The Bertz CT molecular complexity index is 1500. The Morgan fingerprint density at radius 2 is 1.74 bits per heavy atom. The second kappa shape index (κ2) is 11.1. The summed E-state index contributed by atoms with van der Waals surface area (Å²) >= 11 is 7.92. The molecule has 1 N–H and O–H groups in total. The summed E-state index contributed by atoms with van der Waals surface area (Å²) in [6.45, 7) is 2.47. The summed E-state index contributed by atoms with van der Waals surface area (Å²) in [6.07, 6.45) is 0. The molecule has 0 saturated carbocycles. The van der Waals surface area contributed by atoms with Gasteiger partial charge in [0.15, 0.2) is 0 Å². The normalized spacial score (nSPS) is 16.6. The Hall–Kier alpha value is -4.07. The number of nitrogens with zero attached hydrogens (tertiary/aromatic N) is 1. The number of halogens is 1. The number of rotatable bonds is 8.